The highest BCUT2D eigenvalue weighted by molar-refractivity contribution is 7.20. The maximum atomic E-state index is 12.1. The topological polar surface area (TPSA) is 82.0 Å². The van der Waals surface area contributed by atoms with Gasteiger partial charge in [0.05, 0.1) is 9.88 Å². The van der Waals surface area contributed by atoms with Crippen LogP contribution in [0.1, 0.15) is 47.8 Å². The summed E-state index contributed by atoms with van der Waals surface area (Å²) in [5.41, 5.74) is 6.12. The third-order valence-electron chi connectivity index (χ3n) is 3.68. The van der Waals surface area contributed by atoms with E-state index < -0.39 is 5.54 Å². The maximum Gasteiger partial charge on any atom is 0.227 e. The van der Waals surface area contributed by atoms with Gasteiger partial charge >= 0.3 is 0 Å². The van der Waals surface area contributed by atoms with Gasteiger partial charge in [0.2, 0.25) is 5.89 Å². The number of thiophene rings is 1. The molecule has 2 N–H and O–H groups in total. The summed E-state index contributed by atoms with van der Waals surface area (Å²) in [7, 11) is 0. The second-order valence-corrected chi connectivity index (χ2v) is 7.47. The van der Waals surface area contributed by atoms with Crippen molar-refractivity contribution in [1.82, 2.24) is 10.1 Å². The molecule has 8 heteroatoms. The predicted molar refractivity (Wildman–Crippen MR) is 81.0 cm³/mol. The number of rotatable bonds is 5. The normalized spacial score (nSPS) is 16.7. The Balaban J connectivity index is 1.63. The summed E-state index contributed by atoms with van der Waals surface area (Å²) in [5, 5.41) is 3.91. The van der Waals surface area contributed by atoms with E-state index in [4.69, 9.17) is 33.5 Å². The highest BCUT2D eigenvalue weighted by atomic mass is 35.5. The Morgan fingerprint density at radius 3 is 2.81 bits per heavy atom. The van der Waals surface area contributed by atoms with Crippen molar-refractivity contribution in [2.24, 2.45) is 5.73 Å². The van der Waals surface area contributed by atoms with Crippen LogP contribution in [0, 0.1) is 0 Å². The molecule has 0 amide bonds. The first kappa shape index (κ1) is 15.0. The van der Waals surface area contributed by atoms with Crippen molar-refractivity contribution in [2.75, 3.05) is 0 Å². The average Bonchev–Trinajstić information content (AvgIpc) is 3.00. The van der Waals surface area contributed by atoms with Crippen molar-refractivity contribution >= 4 is 40.3 Å². The molecular weight excluding hydrogens is 333 g/mol. The van der Waals surface area contributed by atoms with Gasteiger partial charge in [-0.15, -0.1) is 11.3 Å². The fourth-order valence-electron chi connectivity index (χ4n) is 2.23. The van der Waals surface area contributed by atoms with Crippen molar-refractivity contribution in [3.63, 3.8) is 0 Å². The summed E-state index contributed by atoms with van der Waals surface area (Å²) in [6.45, 7) is 0. The number of nitrogens with two attached hydrogens (primary N) is 1. The Labute approximate surface area is 135 Å². The Kier molecular flexibility index (Phi) is 4.05. The van der Waals surface area contributed by atoms with E-state index in [9.17, 15) is 4.79 Å². The van der Waals surface area contributed by atoms with Crippen molar-refractivity contribution in [3.05, 3.63) is 32.0 Å². The average molecular weight is 346 g/mol. The van der Waals surface area contributed by atoms with E-state index >= 15 is 0 Å². The molecule has 0 spiro atoms. The Bertz CT molecular complexity index is 679. The molecule has 0 aromatic carbocycles. The molecule has 0 bridgehead atoms. The zero-order chi connectivity index (χ0) is 15.0. The number of aryl methyl sites for hydroxylation is 1. The minimum Gasteiger partial charge on any atom is -0.339 e. The number of carbonyl (C=O) groups excluding carboxylic acids is 1. The highest BCUT2D eigenvalue weighted by Gasteiger charge is 2.38. The van der Waals surface area contributed by atoms with Gasteiger partial charge in [-0.3, -0.25) is 4.79 Å². The van der Waals surface area contributed by atoms with Gasteiger partial charge in [0.25, 0.3) is 0 Å². The molecule has 0 saturated heterocycles. The van der Waals surface area contributed by atoms with E-state index in [1.807, 2.05) is 0 Å². The number of nitrogens with zero attached hydrogens (tertiary/aromatic N) is 2. The Hall–Kier alpha value is -0.950. The molecule has 3 rings (SSSR count). The minimum absolute atomic E-state index is 0.0889. The molecule has 2 aromatic heterocycles. The molecule has 0 atom stereocenters. The Morgan fingerprint density at radius 2 is 2.24 bits per heavy atom. The molecule has 0 unspecified atom stereocenters. The van der Waals surface area contributed by atoms with Gasteiger partial charge in [-0.25, -0.2) is 0 Å². The quantitative estimate of drug-likeness (QED) is 0.837. The van der Waals surface area contributed by atoms with Gasteiger partial charge in [-0.1, -0.05) is 28.4 Å². The SMILES string of the molecule is NC1(c2noc(CCC(=O)c3cc(Cl)sc3Cl)n2)CCC1. The van der Waals surface area contributed by atoms with E-state index in [0.717, 1.165) is 19.3 Å². The summed E-state index contributed by atoms with van der Waals surface area (Å²) >= 11 is 13.0. The third kappa shape index (κ3) is 2.99. The van der Waals surface area contributed by atoms with Crippen molar-refractivity contribution < 1.29 is 9.32 Å². The molecule has 2 aromatic rings. The minimum atomic E-state index is -0.448. The maximum absolute atomic E-state index is 12.1. The number of halogens is 2. The van der Waals surface area contributed by atoms with Crippen LogP contribution in [0.15, 0.2) is 10.6 Å². The van der Waals surface area contributed by atoms with Gasteiger partial charge in [0.1, 0.15) is 4.34 Å². The number of hydrogen-bond acceptors (Lipinski definition) is 6. The van der Waals surface area contributed by atoms with Crippen LogP contribution < -0.4 is 5.73 Å². The molecule has 0 aliphatic heterocycles. The number of Topliss-reactive ketones (excluding diaryl/α,β-unsaturated/α-hetero) is 1. The van der Waals surface area contributed by atoms with Crippen molar-refractivity contribution in [2.45, 2.75) is 37.6 Å². The molecule has 1 fully saturated rings. The predicted octanol–water partition coefficient (Wildman–Crippen LogP) is 3.59. The van der Waals surface area contributed by atoms with E-state index in [1.165, 1.54) is 11.3 Å². The summed E-state index contributed by atoms with van der Waals surface area (Å²) in [6.07, 6.45) is 3.43. The Morgan fingerprint density at radius 1 is 1.48 bits per heavy atom. The first-order valence-corrected chi connectivity index (χ1v) is 8.15. The summed E-state index contributed by atoms with van der Waals surface area (Å²) in [4.78, 5) is 16.4. The first-order valence-electron chi connectivity index (χ1n) is 6.58. The lowest BCUT2D eigenvalue weighted by atomic mass is 9.77. The molecule has 5 nitrogen and oxygen atoms in total. The van der Waals surface area contributed by atoms with E-state index in [1.54, 1.807) is 6.07 Å². The van der Waals surface area contributed by atoms with Gasteiger partial charge in [0, 0.05) is 18.4 Å². The van der Waals surface area contributed by atoms with Gasteiger partial charge in [0.15, 0.2) is 11.6 Å². The zero-order valence-corrected chi connectivity index (χ0v) is 13.4. The lowest BCUT2D eigenvalue weighted by Gasteiger charge is -2.34. The fraction of sp³-hybridized carbons (Fsp3) is 0.462. The van der Waals surface area contributed by atoms with Crippen LogP contribution in [0.3, 0.4) is 0 Å². The van der Waals surface area contributed by atoms with Crippen LogP contribution in [-0.2, 0) is 12.0 Å². The molecular formula is C13H13Cl2N3O2S. The standard InChI is InChI=1S/C13H13Cl2N3O2S/c14-9-6-7(11(15)21-9)8(19)2-3-10-17-12(18-20-10)13(16)4-1-5-13/h6H,1-5,16H2. The lowest BCUT2D eigenvalue weighted by molar-refractivity contribution is 0.0980. The summed E-state index contributed by atoms with van der Waals surface area (Å²) < 4.78 is 6.07. The summed E-state index contributed by atoms with van der Waals surface area (Å²) in [6, 6.07) is 1.58. The highest BCUT2D eigenvalue weighted by Crippen LogP contribution is 2.37. The second kappa shape index (κ2) is 5.68. The first-order chi connectivity index (χ1) is 9.98. The molecule has 2 heterocycles. The van der Waals surface area contributed by atoms with Gasteiger partial charge < -0.3 is 10.3 Å². The van der Waals surface area contributed by atoms with Crippen LogP contribution in [0.25, 0.3) is 0 Å². The molecule has 1 aliphatic carbocycles. The molecule has 1 aliphatic rings. The number of carbonyl (C=O) groups is 1. The van der Waals surface area contributed by atoms with E-state index in [2.05, 4.69) is 10.1 Å². The van der Waals surface area contributed by atoms with Crippen LogP contribution >= 0.6 is 34.5 Å². The van der Waals surface area contributed by atoms with Crippen LogP contribution in [0.4, 0.5) is 0 Å². The van der Waals surface area contributed by atoms with Gasteiger partial charge in [-0.2, -0.15) is 4.98 Å². The van der Waals surface area contributed by atoms with Crippen molar-refractivity contribution in [3.8, 4) is 0 Å². The summed E-state index contributed by atoms with van der Waals surface area (Å²) in [5.74, 6) is 0.870. The fourth-order valence-corrected chi connectivity index (χ4v) is 3.72. The molecule has 21 heavy (non-hydrogen) atoms. The van der Waals surface area contributed by atoms with Crippen molar-refractivity contribution in [1.29, 1.82) is 0 Å². The molecule has 1 saturated carbocycles. The molecule has 112 valence electrons. The second-order valence-electron chi connectivity index (χ2n) is 5.18. The number of hydrogen-bond donors (Lipinski definition) is 1. The molecule has 0 radical (unpaired) electrons. The lowest BCUT2D eigenvalue weighted by Crippen LogP contribution is -2.44. The third-order valence-corrected chi connectivity index (χ3v) is 5.17. The van der Waals surface area contributed by atoms with Gasteiger partial charge in [-0.05, 0) is 25.3 Å². The van der Waals surface area contributed by atoms with E-state index in [0.29, 0.717) is 32.4 Å². The smallest absolute Gasteiger partial charge is 0.227 e. The number of ketones is 1. The zero-order valence-electron chi connectivity index (χ0n) is 11.1. The van der Waals surface area contributed by atoms with Crippen LogP contribution in [0.5, 0.6) is 0 Å². The van der Waals surface area contributed by atoms with Crippen LogP contribution in [-0.4, -0.2) is 15.9 Å². The van der Waals surface area contributed by atoms with Crippen LogP contribution in [0.2, 0.25) is 8.67 Å². The number of aromatic nitrogens is 2. The monoisotopic (exact) mass is 345 g/mol. The van der Waals surface area contributed by atoms with E-state index in [-0.39, 0.29) is 12.2 Å². The largest absolute Gasteiger partial charge is 0.339 e.